The maximum absolute atomic E-state index is 11.0. The quantitative estimate of drug-likeness (QED) is 0.558. The lowest BCUT2D eigenvalue weighted by molar-refractivity contribution is -0.216. The van der Waals surface area contributed by atoms with Gasteiger partial charge >= 0.3 is 0 Å². The predicted octanol–water partition coefficient (Wildman–Crippen LogP) is 0.940. The van der Waals surface area contributed by atoms with Crippen molar-refractivity contribution in [2.45, 2.75) is 5.25 Å². The Bertz CT molecular complexity index is 439. The zero-order valence-electron chi connectivity index (χ0n) is 7.08. The molecule has 0 saturated carbocycles. The van der Waals surface area contributed by atoms with E-state index in [2.05, 4.69) is 4.89 Å². The summed E-state index contributed by atoms with van der Waals surface area (Å²) in [7, 11) is -4.14. The lowest BCUT2D eigenvalue weighted by atomic mass is 10.1. The zero-order chi connectivity index (χ0) is 10.2. The Labute approximate surface area is 80.9 Å². The highest BCUT2D eigenvalue weighted by Crippen LogP contribution is 2.33. The largest absolute Gasteiger partial charge is 0.337 e. The first-order chi connectivity index (χ1) is 6.59. The van der Waals surface area contributed by atoms with Crippen LogP contribution in [0.3, 0.4) is 0 Å². The van der Waals surface area contributed by atoms with Gasteiger partial charge in [-0.2, -0.15) is 13.3 Å². The van der Waals surface area contributed by atoms with Gasteiger partial charge in [0, 0.05) is 5.56 Å². The molecule has 1 aromatic carbocycles. The monoisotopic (exact) mass is 216 g/mol. The molecule has 0 fully saturated rings. The van der Waals surface area contributed by atoms with Crippen LogP contribution in [0, 0.1) is 0 Å². The van der Waals surface area contributed by atoms with E-state index in [0.717, 1.165) is 0 Å². The van der Waals surface area contributed by atoms with Crippen LogP contribution in [0.25, 0.3) is 0 Å². The van der Waals surface area contributed by atoms with Crippen molar-refractivity contribution in [3.63, 3.8) is 0 Å². The lowest BCUT2D eigenvalue weighted by Crippen LogP contribution is -2.23. The van der Waals surface area contributed by atoms with Gasteiger partial charge in [-0.3, -0.25) is 4.55 Å². The van der Waals surface area contributed by atoms with Crippen LogP contribution < -0.4 is 4.89 Å². The van der Waals surface area contributed by atoms with E-state index in [1.807, 2.05) is 0 Å². The maximum Gasteiger partial charge on any atom is 0.274 e. The smallest absolute Gasteiger partial charge is 0.274 e. The van der Waals surface area contributed by atoms with E-state index in [-0.39, 0.29) is 6.61 Å². The molecule has 0 aliphatic carbocycles. The third-order valence-corrected chi connectivity index (χ3v) is 3.10. The van der Waals surface area contributed by atoms with E-state index in [1.165, 1.54) is 0 Å². The highest BCUT2D eigenvalue weighted by atomic mass is 32.2. The second kappa shape index (κ2) is 3.23. The van der Waals surface area contributed by atoms with Gasteiger partial charge in [0.1, 0.15) is 11.9 Å². The van der Waals surface area contributed by atoms with E-state index in [4.69, 9.17) is 9.44 Å². The molecule has 5 nitrogen and oxygen atoms in total. The average molecular weight is 216 g/mol. The summed E-state index contributed by atoms with van der Waals surface area (Å²) >= 11 is 0. The topological polar surface area (TPSA) is 72.8 Å². The summed E-state index contributed by atoms with van der Waals surface area (Å²) in [5.41, 5.74) is 0.418. The molecule has 2 rings (SSSR count). The Morgan fingerprint density at radius 1 is 1.36 bits per heavy atom. The molecule has 1 aromatic rings. The van der Waals surface area contributed by atoms with Gasteiger partial charge in [-0.25, -0.2) is 0 Å². The third kappa shape index (κ3) is 1.59. The molecule has 1 heterocycles. The minimum atomic E-state index is -4.14. The number of benzene rings is 1. The summed E-state index contributed by atoms with van der Waals surface area (Å²) in [5, 5.41) is -1.06. The standard InChI is InChI=1S/C8H8O5S/c9-14(10,11)8-5-12-13-7-4-2-1-3-6(7)8/h1-4,8H,5H2,(H,9,10,11). The Morgan fingerprint density at radius 2 is 2.07 bits per heavy atom. The first-order valence-electron chi connectivity index (χ1n) is 3.94. The second-order valence-corrected chi connectivity index (χ2v) is 4.51. The molecule has 1 unspecified atom stereocenters. The molecule has 1 aliphatic heterocycles. The lowest BCUT2D eigenvalue weighted by Gasteiger charge is -2.21. The normalized spacial score (nSPS) is 21.1. The van der Waals surface area contributed by atoms with Crippen molar-refractivity contribution in [1.82, 2.24) is 0 Å². The van der Waals surface area contributed by atoms with Crippen molar-refractivity contribution in [1.29, 1.82) is 0 Å². The van der Waals surface area contributed by atoms with Crippen LogP contribution in [0.2, 0.25) is 0 Å². The molecule has 0 radical (unpaired) electrons. The van der Waals surface area contributed by atoms with E-state index >= 15 is 0 Å². The van der Waals surface area contributed by atoms with Crippen molar-refractivity contribution < 1.29 is 22.7 Å². The van der Waals surface area contributed by atoms with Gasteiger partial charge in [0.15, 0.2) is 5.75 Å². The molecule has 1 aliphatic rings. The predicted molar refractivity (Wildman–Crippen MR) is 47.3 cm³/mol. The van der Waals surface area contributed by atoms with Crippen LogP contribution in [0.1, 0.15) is 10.8 Å². The van der Waals surface area contributed by atoms with Gasteiger partial charge in [-0.05, 0) is 6.07 Å². The van der Waals surface area contributed by atoms with Gasteiger partial charge in [0.05, 0.1) is 0 Å². The molecule has 0 spiro atoms. The zero-order valence-corrected chi connectivity index (χ0v) is 7.90. The van der Waals surface area contributed by atoms with Crippen LogP contribution in [0.5, 0.6) is 5.75 Å². The SMILES string of the molecule is O=S(=O)(O)C1COOc2ccccc21. The minimum Gasteiger partial charge on any atom is -0.337 e. The molecule has 0 amide bonds. The van der Waals surface area contributed by atoms with Crippen molar-refractivity contribution in [3.05, 3.63) is 29.8 Å². The summed E-state index contributed by atoms with van der Waals surface area (Å²) in [6.07, 6.45) is 0. The molecule has 0 aromatic heterocycles. The number of hydrogen-bond donors (Lipinski definition) is 1. The summed E-state index contributed by atoms with van der Waals surface area (Å²) in [5.74, 6) is 0.321. The highest BCUT2D eigenvalue weighted by molar-refractivity contribution is 7.86. The van der Waals surface area contributed by atoms with Crippen LogP contribution in [-0.4, -0.2) is 19.6 Å². The van der Waals surface area contributed by atoms with Gasteiger partial charge < -0.3 is 4.89 Å². The molecule has 1 N–H and O–H groups in total. The van der Waals surface area contributed by atoms with Crippen LogP contribution in [-0.2, 0) is 15.0 Å². The molecular weight excluding hydrogens is 208 g/mol. The van der Waals surface area contributed by atoms with Gasteiger partial charge in [0.2, 0.25) is 0 Å². The molecule has 14 heavy (non-hydrogen) atoms. The summed E-state index contributed by atoms with van der Waals surface area (Å²) < 4.78 is 30.9. The first kappa shape index (κ1) is 9.45. The van der Waals surface area contributed by atoms with Gasteiger partial charge in [0.25, 0.3) is 10.1 Å². The van der Waals surface area contributed by atoms with Crippen LogP contribution in [0.15, 0.2) is 24.3 Å². The maximum atomic E-state index is 11.0. The van der Waals surface area contributed by atoms with E-state index < -0.39 is 15.4 Å². The number of fused-ring (bicyclic) bond motifs is 1. The van der Waals surface area contributed by atoms with E-state index in [0.29, 0.717) is 11.3 Å². The van der Waals surface area contributed by atoms with Gasteiger partial charge in [-0.15, -0.1) is 0 Å². The van der Waals surface area contributed by atoms with E-state index in [9.17, 15) is 8.42 Å². The third-order valence-electron chi connectivity index (χ3n) is 1.99. The number of rotatable bonds is 1. The Kier molecular flexibility index (Phi) is 2.18. The fourth-order valence-corrected chi connectivity index (χ4v) is 2.06. The number of hydrogen-bond acceptors (Lipinski definition) is 4. The summed E-state index contributed by atoms with van der Waals surface area (Å²) in [6, 6.07) is 6.52. The Morgan fingerprint density at radius 3 is 2.79 bits per heavy atom. The Balaban J connectivity index is 2.51. The molecule has 6 heteroatoms. The van der Waals surface area contributed by atoms with Crippen LogP contribution in [0.4, 0.5) is 0 Å². The fourth-order valence-electron chi connectivity index (χ4n) is 1.32. The second-order valence-electron chi connectivity index (χ2n) is 2.91. The van der Waals surface area contributed by atoms with Crippen molar-refractivity contribution in [3.8, 4) is 5.75 Å². The van der Waals surface area contributed by atoms with Gasteiger partial charge in [-0.1, -0.05) is 18.2 Å². The molecule has 0 saturated heterocycles. The van der Waals surface area contributed by atoms with E-state index in [1.54, 1.807) is 24.3 Å². The first-order valence-corrected chi connectivity index (χ1v) is 5.44. The highest BCUT2D eigenvalue weighted by Gasteiger charge is 2.32. The summed E-state index contributed by atoms with van der Waals surface area (Å²) in [6.45, 7) is -0.199. The molecule has 1 atom stereocenters. The number of para-hydroxylation sites is 1. The van der Waals surface area contributed by atoms with Crippen molar-refractivity contribution >= 4 is 10.1 Å². The van der Waals surface area contributed by atoms with Crippen LogP contribution >= 0.6 is 0 Å². The van der Waals surface area contributed by atoms with Crippen molar-refractivity contribution in [2.75, 3.05) is 6.61 Å². The minimum absolute atomic E-state index is 0.199. The summed E-state index contributed by atoms with van der Waals surface area (Å²) in [4.78, 5) is 9.37. The van der Waals surface area contributed by atoms with Crippen molar-refractivity contribution in [2.24, 2.45) is 0 Å². The molecular formula is C8H8O5S. The fraction of sp³-hybridized carbons (Fsp3) is 0.250. The average Bonchev–Trinajstić information content (AvgIpc) is 2.15. The molecule has 0 bridgehead atoms. The molecule has 76 valence electrons. The Hall–Kier alpha value is -1.11.